The Labute approximate surface area is 127 Å². The number of ether oxygens (including phenoxy) is 4. The van der Waals surface area contributed by atoms with E-state index >= 15 is 0 Å². The lowest BCUT2D eigenvalue weighted by Gasteiger charge is -1.95. The van der Waals surface area contributed by atoms with Crippen molar-refractivity contribution >= 4 is 0 Å². The van der Waals surface area contributed by atoms with Gasteiger partial charge >= 0.3 is 0 Å². The molecule has 0 unspecified atom stereocenters. The third kappa shape index (κ3) is 2.39. The van der Waals surface area contributed by atoms with Gasteiger partial charge in [0.2, 0.25) is 13.6 Å². The fourth-order valence-electron chi connectivity index (χ4n) is 2.16. The SMILES string of the molecule is C(C#Cc1ccc2c(c1)OCO2)#Cc1ccc2c(c1)OCO2. The number of rotatable bonds is 0. The third-order valence-electron chi connectivity index (χ3n) is 3.22. The third-order valence-corrected chi connectivity index (χ3v) is 3.22. The van der Waals surface area contributed by atoms with Crippen molar-refractivity contribution < 1.29 is 18.9 Å². The molecule has 0 amide bonds. The zero-order chi connectivity index (χ0) is 14.8. The molecule has 0 radical (unpaired) electrons. The summed E-state index contributed by atoms with van der Waals surface area (Å²) >= 11 is 0. The number of benzene rings is 2. The summed E-state index contributed by atoms with van der Waals surface area (Å²) in [5.41, 5.74) is 1.67. The first-order valence-electron chi connectivity index (χ1n) is 6.70. The maximum atomic E-state index is 5.31. The average Bonchev–Trinajstić information content (AvgIpc) is 3.19. The van der Waals surface area contributed by atoms with Crippen LogP contribution in [0.1, 0.15) is 11.1 Å². The molecule has 2 aliphatic heterocycles. The smallest absolute Gasteiger partial charge is 0.231 e. The Balaban J connectivity index is 1.52. The van der Waals surface area contributed by atoms with Gasteiger partial charge in [0.1, 0.15) is 0 Å². The van der Waals surface area contributed by atoms with Crippen molar-refractivity contribution in [3.8, 4) is 46.7 Å². The Morgan fingerprint density at radius 2 is 1.05 bits per heavy atom. The molecule has 106 valence electrons. The number of hydrogen-bond donors (Lipinski definition) is 0. The summed E-state index contributed by atoms with van der Waals surface area (Å²) in [6.45, 7) is 0.520. The number of hydrogen-bond acceptors (Lipinski definition) is 4. The van der Waals surface area contributed by atoms with E-state index in [9.17, 15) is 0 Å². The van der Waals surface area contributed by atoms with Gasteiger partial charge in [-0.2, -0.15) is 0 Å². The quantitative estimate of drug-likeness (QED) is 0.699. The lowest BCUT2D eigenvalue weighted by molar-refractivity contribution is 0.173. The summed E-state index contributed by atoms with van der Waals surface area (Å²) in [5, 5.41) is 0. The maximum Gasteiger partial charge on any atom is 0.231 e. The molecular weight excluding hydrogens is 280 g/mol. The summed E-state index contributed by atoms with van der Waals surface area (Å²) in [7, 11) is 0. The standard InChI is InChI=1S/C18H10O4/c1(3-13-5-7-15-17(9-13)21-11-19-15)2-4-14-6-8-16-18(10-14)22-12-20-16/h5-10H,11-12H2. The van der Waals surface area contributed by atoms with Gasteiger partial charge in [-0.05, 0) is 48.2 Å². The highest BCUT2D eigenvalue weighted by Crippen LogP contribution is 2.33. The predicted octanol–water partition coefficient (Wildman–Crippen LogP) is 2.55. The van der Waals surface area contributed by atoms with Crippen LogP contribution in [0, 0.1) is 23.7 Å². The van der Waals surface area contributed by atoms with Crippen LogP contribution in [-0.2, 0) is 0 Å². The van der Waals surface area contributed by atoms with E-state index in [1.165, 1.54) is 0 Å². The predicted molar refractivity (Wildman–Crippen MR) is 78.9 cm³/mol. The van der Waals surface area contributed by atoms with Crippen LogP contribution in [0.3, 0.4) is 0 Å². The maximum absolute atomic E-state index is 5.31. The normalized spacial score (nSPS) is 12.9. The molecule has 0 spiro atoms. The second kappa shape index (κ2) is 5.27. The van der Waals surface area contributed by atoms with Crippen LogP contribution in [0.15, 0.2) is 36.4 Å². The molecular formula is C18H10O4. The van der Waals surface area contributed by atoms with E-state index in [0.717, 1.165) is 34.1 Å². The summed E-state index contributed by atoms with van der Waals surface area (Å²) < 4.78 is 21.1. The second-order valence-electron chi connectivity index (χ2n) is 4.64. The first-order chi connectivity index (χ1) is 10.9. The molecule has 4 rings (SSSR count). The van der Waals surface area contributed by atoms with Crippen LogP contribution in [-0.4, -0.2) is 13.6 Å². The minimum atomic E-state index is 0.260. The zero-order valence-corrected chi connectivity index (χ0v) is 11.5. The van der Waals surface area contributed by atoms with E-state index in [4.69, 9.17) is 18.9 Å². The minimum absolute atomic E-state index is 0.260. The average molecular weight is 290 g/mol. The van der Waals surface area contributed by atoms with Gasteiger partial charge in [-0.15, -0.1) is 0 Å². The van der Waals surface area contributed by atoms with Gasteiger partial charge in [0.05, 0.1) is 0 Å². The Bertz CT molecular complexity index is 789. The van der Waals surface area contributed by atoms with E-state index in [0.29, 0.717) is 0 Å². The van der Waals surface area contributed by atoms with Crippen LogP contribution in [0.25, 0.3) is 0 Å². The molecule has 0 saturated heterocycles. The molecule has 2 heterocycles. The van der Waals surface area contributed by atoms with Crippen molar-refractivity contribution in [3.05, 3.63) is 47.5 Å². The Morgan fingerprint density at radius 3 is 1.55 bits per heavy atom. The Kier molecular flexibility index (Phi) is 2.99. The fraction of sp³-hybridized carbons (Fsp3) is 0.111. The van der Waals surface area contributed by atoms with E-state index in [2.05, 4.69) is 23.7 Å². The highest BCUT2D eigenvalue weighted by atomic mass is 16.7. The van der Waals surface area contributed by atoms with Crippen molar-refractivity contribution in [2.24, 2.45) is 0 Å². The molecule has 2 aromatic carbocycles. The highest BCUT2D eigenvalue weighted by Gasteiger charge is 2.13. The first kappa shape index (κ1) is 12.5. The molecule has 0 fully saturated rings. The first-order valence-corrected chi connectivity index (χ1v) is 6.70. The molecule has 0 aliphatic carbocycles. The van der Waals surface area contributed by atoms with Gasteiger partial charge in [0.15, 0.2) is 23.0 Å². The van der Waals surface area contributed by atoms with Gasteiger partial charge in [-0.3, -0.25) is 0 Å². The molecule has 4 nitrogen and oxygen atoms in total. The van der Waals surface area contributed by atoms with Crippen LogP contribution < -0.4 is 18.9 Å². The highest BCUT2D eigenvalue weighted by molar-refractivity contribution is 5.53. The van der Waals surface area contributed by atoms with Crippen LogP contribution in [0.5, 0.6) is 23.0 Å². The monoisotopic (exact) mass is 290 g/mol. The molecule has 0 bridgehead atoms. The lowest BCUT2D eigenvalue weighted by atomic mass is 10.2. The van der Waals surface area contributed by atoms with Crippen molar-refractivity contribution in [1.29, 1.82) is 0 Å². The molecule has 4 heteroatoms. The van der Waals surface area contributed by atoms with Crippen LogP contribution in [0.4, 0.5) is 0 Å². The molecule has 2 aromatic rings. The summed E-state index contributed by atoms with van der Waals surface area (Å²) in [4.78, 5) is 0. The van der Waals surface area contributed by atoms with Crippen molar-refractivity contribution in [3.63, 3.8) is 0 Å². The Morgan fingerprint density at radius 1 is 0.591 bits per heavy atom. The van der Waals surface area contributed by atoms with E-state index in [1.807, 2.05) is 36.4 Å². The van der Waals surface area contributed by atoms with Gasteiger partial charge in [-0.25, -0.2) is 0 Å². The lowest BCUT2D eigenvalue weighted by Crippen LogP contribution is -1.92. The topological polar surface area (TPSA) is 36.9 Å². The van der Waals surface area contributed by atoms with Gasteiger partial charge in [0, 0.05) is 11.1 Å². The summed E-state index contributed by atoms with van der Waals surface area (Å²) in [5.74, 6) is 14.6. The van der Waals surface area contributed by atoms with Crippen LogP contribution >= 0.6 is 0 Å². The minimum Gasteiger partial charge on any atom is -0.454 e. The Hall–Kier alpha value is -3.24. The number of fused-ring (bicyclic) bond motifs is 2. The van der Waals surface area contributed by atoms with E-state index in [1.54, 1.807) is 0 Å². The molecule has 22 heavy (non-hydrogen) atoms. The van der Waals surface area contributed by atoms with Crippen molar-refractivity contribution in [2.75, 3.05) is 13.6 Å². The fourth-order valence-corrected chi connectivity index (χ4v) is 2.16. The molecule has 0 atom stereocenters. The summed E-state index contributed by atoms with van der Waals surface area (Å²) in [6.07, 6.45) is 0. The molecule has 2 aliphatic rings. The zero-order valence-electron chi connectivity index (χ0n) is 11.5. The van der Waals surface area contributed by atoms with Crippen LogP contribution in [0.2, 0.25) is 0 Å². The largest absolute Gasteiger partial charge is 0.454 e. The molecule has 0 saturated carbocycles. The van der Waals surface area contributed by atoms with Crippen molar-refractivity contribution in [1.82, 2.24) is 0 Å². The van der Waals surface area contributed by atoms with Gasteiger partial charge in [0.25, 0.3) is 0 Å². The van der Waals surface area contributed by atoms with Crippen molar-refractivity contribution in [2.45, 2.75) is 0 Å². The van der Waals surface area contributed by atoms with E-state index in [-0.39, 0.29) is 13.6 Å². The molecule has 0 N–H and O–H groups in total. The van der Waals surface area contributed by atoms with Gasteiger partial charge in [-0.1, -0.05) is 11.8 Å². The summed E-state index contributed by atoms with van der Waals surface area (Å²) in [6, 6.07) is 11.1. The molecule has 0 aromatic heterocycles. The second-order valence-corrected chi connectivity index (χ2v) is 4.64. The van der Waals surface area contributed by atoms with Gasteiger partial charge < -0.3 is 18.9 Å². The van der Waals surface area contributed by atoms with E-state index < -0.39 is 0 Å².